The Morgan fingerprint density at radius 1 is 1.36 bits per heavy atom. The van der Waals surface area contributed by atoms with Crippen molar-refractivity contribution in [1.29, 1.82) is 0 Å². The molecule has 8 nitrogen and oxygen atoms in total. The van der Waals surface area contributed by atoms with Gasteiger partial charge in [-0.1, -0.05) is 13.8 Å². The first-order valence-corrected chi connectivity index (χ1v) is 8.47. The van der Waals surface area contributed by atoms with Crippen LogP contribution in [0.5, 0.6) is 0 Å². The Morgan fingerprint density at radius 3 is 2.64 bits per heavy atom. The van der Waals surface area contributed by atoms with Gasteiger partial charge in [-0.3, -0.25) is 9.48 Å². The number of aromatic nitrogens is 5. The first-order valence-electron chi connectivity index (χ1n) is 8.47. The third-order valence-corrected chi connectivity index (χ3v) is 4.16. The largest absolute Gasteiger partial charge is 0.346 e. The van der Waals surface area contributed by atoms with Gasteiger partial charge in [0.15, 0.2) is 0 Å². The van der Waals surface area contributed by atoms with Gasteiger partial charge in [-0.25, -0.2) is 9.78 Å². The molecule has 1 unspecified atom stereocenters. The number of nitrogens with zero attached hydrogens (tertiary/aromatic N) is 4. The molecule has 2 heterocycles. The molecule has 2 aromatic rings. The number of aromatic amines is 1. The van der Waals surface area contributed by atoms with Crippen LogP contribution in [0.1, 0.15) is 55.5 Å². The number of hydrogen-bond acceptors (Lipinski definition) is 5. The molecule has 0 aliphatic heterocycles. The summed E-state index contributed by atoms with van der Waals surface area (Å²) in [5.41, 5.74) is 1.98. The maximum Gasteiger partial charge on any atom is 0.345 e. The Bertz CT molecular complexity index is 766. The molecular weight excluding hydrogens is 320 g/mol. The van der Waals surface area contributed by atoms with Crippen molar-refractivity contribution in [2.24, 2.45) is 13.0 Å². The van der Waals surface area contributed by atoms with E-state index in [0.29, 0.717) is 24.5 Å². The van der Waals surface area contributed by atoms with Gasteiger partial charge in [0.25, 0.3) is 0 Å². The van der Waals surface area contributed by atoms with Crippen LogP contribution in [0.2, 0.25) is 0 Å². The minimum absolute atomic E-state index is 0.0568. The monoisotopic (exact) mass is 346 g/mol. The van der Waals surface area contributed by atoms with Crippen LogP contribution in [0.15, 0.2) is 11.1 Å². The predicted molar refractivity (Wildman–Crippen MR) is 94.0 cm³/mol. The summed E-state index contributed by atoms with van der Waals surface area (Å²) in [4.78, 5) is 34.6. The highest BCUT2D eigenvalue weighted by atomic mass is 16.1. The van der Waals surface area contributed by atoms with E-state index in [2.05, 4.69) is 39.2 Å². The fraction of sp³-hybridized carbons (Fsp3) is 0.588. The molecule has 136 valence electrons. The molecule has 0 spiro atoms. The van der Waals surface area contributed by atoms with Gasteiger partial charge in [0.2, 0.25) is 5.91 Å². The molecular formula is C17H26N6O2. The fourth-order valence-electron chi connectivity index (χ4n) is 2.95. The molecule has 1 amide bonds. The molecule has 0 saturated carbocycles. The SMILES string of the molecule is Cc1nc(=O)[nH]c(C)c1CCC(=O)NC(CC(C)C)c1ncnn1C. The summed E-state index contributed by atoms with van der Waals surface area (Å²) in [6.45, 7) is 7.82. The van der Waals surface area contributed by atoms with E-state index in [4.69, 9.17) is 0 Å². The molecule has 0 bridgehead atoms. The van der Waals surface area contributed by atoms with Crippen molar-refractivity contribution in [1.82, 2.24) is 30.0 Å². The van der Waals surface area contributed by atoms with Gasteiger partial charge in [0.1, 0.15) is 12.2 Å². The van der Waals surface area contributed by atoms with Crippen molar-refractivity contribution in [2.75, 3.05) is 0 Å². The Kier molecular flexibility index (Phi) is 6.06. The maximum atomic E-state index is 12.4. The standard InChI is InChI=1S/C17H26N6O2/c1-10(2)8-14(16-18-9-19-23(16)5)22-15(24)7-6-13-11(3)20-17(25)21-12(13)4/h9-10,14H,6-8H2,1-5H3,(H,22,24)(H,20,21,25). The zero-order valence-corrected chi connectivity index (χ0v) is 15.5. The average Bonchev–Trinajstić information content (AvgIpc) is 2.91. The molecule has 0 fully saturated rings. The Hall–Kier alpha value is -2.51. The van der Waals surface area contributed by atoms with E-state index >= 15 is 0 Å². The van der Waals surface area contributed by atoms with Crippen molar-refractivity contribution in [3.05, 3.63) is 39.6 Å². The van der Waals surface area contributed by atoms with E-state index in [1.165, 1.54) is 6.33 Å². The molecule has 0 aliphatic rings. The van der Waals surface area contributed by atoms with E-state index < -0.39 is 0 Å². The van der Waals surface area contributed by atoms with Gasteiger partial charge in [-0.05, 0) is 38.2 Å². The van der Waals surface area contributed by atoms with Gasteiger partial charge in [0, 0.05) is 24.9 Å². The normalized spacial score (nSPS) is 12.4. The van der Waals surface area contributed by atoms with Gasteiger partial charge in [0.05, 0.1) is 6.04 Å². The van der Waals surface area contributed by atoms with Crippen molar-refractivity contribution in [3.8, 4) is 0 Å². The van der Waals surface area contributed by atoms with Gasteiger partial charge in [-0.2, -0.15) is 10.1 Å². The summed E-state index contributed by atoms with van der Waals surface area (Å²) in [6.07, 6.45) is 3.13. The van der Waals surface area contributed by atoms with Crippen molar-refractivity contribution >= 4 is 5.91 Å². The average molecular weight is 346 g/mol. The van der Waals surface area contributed by atoms with Crippen LogP contribution in [0.25, 0.3) is 0 Å². The molecule has 0 saturated heterocycles. The van der Waals surface area contributed by atoms with Crippen LogP contribution in [0.3, 0.4) is 0 Å². The molecule has 2 N–H and O–H groups in total. The second-order valence-electron chi connectivity index (χ2n) is 6.72. The summed E-state index contributed by atoms with van der Waals surface area (Å²) in [5.74, 6) is 1.11. The number of H-pyrrole nitrogens is 1. The van der Waals surface area contributed by atoms with Crippen LogP contribution < -0.4 is 11.0 Å². The smallest absolute Gasteiger partial charge is 0.345 e. The van der Waals surface area contributed by atoms with E-state index in [-0.39, 0.29) is 17.6 Å². The van der Waals surface area contributed by atoms with Crippen LogP contribution in [-0.4, -0.2) is 30.6 Å². The van der Waals surface area contributed by atoms with E-state index in [1.807, 2.05) is 14.0 Å². The van der Waals surface area contributed by atoms with E-state index in [1.54, 1.807) is 11.6 Å². The molecule has 25 heavy (non-hydrogen) atoms. The molecule has 0 radical (unpaired) electrons. The lowest BCUT2D eigenvalue weighted by Crippen LogP contribution is -2.31. The van der Waals surface area contributed by atoms with Gasteiger partial charge in [-0.15, -0.1) is 0 Å². The lowest BCUT2D eigenvalue weighted by molar-refractivity contribution is -0.122. The highest BCUT2D eigenvalue weighted by molar-refractivity contribution is 5.76. The van der Waals surface area contributed by atoms with E-state index in [9.17, 15) is 9.59 Å². The molecule has 0 aliphatic carbocycles. The van der Waals surface area contributed by atoms with Crippen LogP contribution in [0, 0.1) is 19.8 Å². The van der Waals surface area contributed by atoms with Gasteiger partial charge >= 0.3 is 5.69 Å². The first-order chi connectivity index (χ1) is 11.8. The summed E-state index contributed by atoms with van der Waals surface area (Å²) < 4.78 is 1.69. The van der Waals surface area contributed by atoms with Crippen LogP contribution >= 0.6 is 0 Å². The number of nitrogens with one attached hydrogen (secondary N) is 2. The predicted octanol–water partition coefficient (Wildman–Crippen LogP) is 1.35. The molecule has 8 heteroatoms. The quantitative estimate of drug-likeness (QED) is 0.787. The Labute approximate surface area is 147 Å². The second-order valence-corrected chi connectivity index (χ2v) is 6.72. The van der Waals surface area contributed by atoms with Crippen LogP contribution in [0.4, 0.5) is 0 Å². The van der Waals surface area contributed by atoms with Crippen molar-refractivity contribution < 1.29 is 4.79 Å². The number of rotatable bonds is 7. The lowest BCUT2D eigenvalue weighted by atomic mass is 10.0. The van der Waals surface area contributed by atoms with Crippen LogP contribution in [-0.2, 0) is 18.3 Å². The zero-order valence-electron chi connectivity index (χ0n) is 15.5. The third kappa shape index (κ3) is 4.98. The van der Waals surface area contributed by atoms with Crippen molar-refractivity contribution in [2.45, 2.75) is 53.0 Å². The highest BCUT2D eigenvalue weighted by Gasteiger charge is 2.20. The first kappa shape index (κ1) is 18.8. The number of carbonyl (C=O) groups excluding carboxylic acids is 1. The highest BCUT2D eigenvalue weighted by Crippen LogP contribution is 2.19. The summed E-state index contributed by atoms with van der Waals surface area (Å²) in [5, 5.41) is 7.15. The fourth-order valence-corrected chi connectivity index (χ4v) is 2.95. The topological polar surface area (TPSA) is 106 Å². The lowest BCUT2D eigenvalue weighted by Gasteiger charge is -2.20. The maximum absolute atomic E-state index is 12.4. The molecule has 1 atom stereocenters. The van der Waals surface area contributed by atoms with E-state index in [0.717, 1.165) is 23.5 Å². The second kappa shape index (κ2) is 8.04. The Morgan fingerprint density at radius 2 is 2.08 bits per heavy atom. The minimum atomic E-state index is -0.359. The number of aryl methyl sites for hydroxylation is 3. The molecule has 0 aromatic carbocycles. The third-order valence-electron chi connectivity index (χ3n) is 4.16. The number of amides is 1. The van der Waals surface area contributed by atoms with Gasteiger partial charge < -0.3 is 10.3 Å². The van der Waals surface area contributed by atoms with Crippen molar-refractivity contribution in [3.63, 3.8) is 0 Å². The summed E-state index contributed by atoms with van der Waals surface area (Å²) in [6, 6.07) is -0.170. The molecule has 2 aromatic heterocycles. The molecule has 2 rings (SSSR count). The minimum Gasteiger partial charge on any atom is -0.346 e. The number of carbonyl (C=O) groups is 1. The summed E-state index contributed by atoms with van der Waals surface area (Å²) >= 11 is 0. The summed E-state index contributed by atoms with van der Waals surface area (Å²) in [7, 11) is 1.82. The zero-order chi connectivity index (χ0) is 18.6. The number of hydrogen-bond donors (Lipinski definition) is 2. The Balaban J connectivity index is 2.05.